The number of hydrogen-bond donors (Lipinski definition) is 3. The number of ether oxygens (including phenoxy) is 1. The molecule has 1 aromatic rings. The van der Waals surface area contributed by atoms with Crippen molar-refractivity contribution in [2.45, 2.75) is 12.8 Å². The van der Waals surface area contributed by atoms with Gasteiger partial charge in [0.15, 0.2) is 0 Å². The summed E-state index contributed by atoms with van der Waals surface area (Å²) < 4.78 is 5.09. The average Bonchev–Trinajstić information content (AvgIpc) is 2.23. The molecule has 0 saturated heterocycles. The van der Waals surface area contributed by atoms with Gasteiger partial charge >= 0.3 is 0 Å². The molecule has 1 aromatic carbocycles. The number of nitrogens with two attached hydrogens (primary N) is 2. The van der Waals surface area contributed by atoms with Gasteiger partial charge in [-0.3, -0.25) is 4.79 Å². The highest BCUT2D eigenvalue weighted by atomic mass is 16.5. The van der Waals surface area contributed by atoms with E-state index in [0.717, 1.165) is 5.69 Å². The molecule has 0 aromatic heterocycles. The SMILES string of the molecule is COc1cc(N)cc(NCCCC(N)=O)c1. The Morgan fingerprint density at radius 2 is 2.19 bits per heavy atom. The van der Waals surface area contributed by atoms with Crippen molar-refractivity contribution in [2.24, 2.45) is 5.73 Å². The standard InChI is InChI=1S/C11H17N3O2/c1-16-10-6-8(12)5-9(7-10)14-4-2-3-11(13)15/h5-7,14H,2-4,12H2,1H3,(H2,13,15). The van der Waals surface area contributed by atoms with E-state index in [0.29, 0.717) is 30.8 Å². The molecule has 88 valence electrons. The van der Waals surface area contributed by atoms with Crippen LogP contribution in [0, 0.1) is 0 Å². The van der Waals surface area contributed by atoms with Gasteiger partial charge in [0, 0.05) is 36.5 Å². The molecule has 0 aliphatic rings. The van der Waals surface area contributed by atoms with Gasteiger partial charge in [-0.25, -0.2) is 0 Å². The first-order chi connectivity index (χ1) is 7.61. The Balaban J connectivity index is 2.47. The van der Waals surface area contributed by atoms with E-state index in [1.165, 1.54) is 0 Å². The molecule has 0 spiro atoms. The second-order valence-corrected chi connectivity index (χ2v) is 3.49. The van der Waals surface area contributed by atoms with Crippen molar-refractivity contribution in [1.29, 1.82) is 0 Å². The molecule has 0 aliphatic heterocycles. The van der Waals surface area contributed by atoms with E-state index in [4.69, 9.17) is 16.2 Å². The molecule has 0 aliphatic carbocycles. The van der Waals surface area contributed by atoms with Gasteiger partial charge in [-0.2, -0.15) is 0 Å². The summed E-state index contributed by atoms with van der Waals surface area (Å²) in [5.41, 5.74) is 12.2. The quantitative estimate of drug-likeness (QED) is 0.495. The summed E-state index contributed by atoms with van der Waals surface area (Å²) in [6.07, 6.45) is 1.08. The van der Waals surface area contributed by atoms with Gasteiger partial charge in [-0.1, -0.05) is 0 Å². The van der Waals surface area contributed by atoms with Crippen molar-refractivity contribution < 1.29 is 9.53 Å². The molecule has 0 radical (unpaired) electrons. The first kappa shape index (κ1) is 12.2. The second kappa shape index (κ2) is 5.85. The summed E-state index contributed by atoms with van der Waals surface area (Å²) in [4.78, 5) is 10.5. The third-order valence-corrected chi connectivity index (χ3v) is 2.09. The van der Waals surface area contributed by atoms with Crippen molar-refractivity contribution >= 4 is 17.3 Å². The van der Waals surface area contributed by atoms with Crippen LogP contribution in [0.2, 0.25) is 0 Å². The molecule has 5 N–H and O–H groups in total. The number of primary amides is 1. The predicted molar refractivity (Wildman–Crippen MR) is 64.3 cm³/mol. The first-order valence-corrected chi connectivity index (χ1v) is 5.08. The van der Waals surface area contributed by atoms with E-state index < -0.39 is 0 Å². The topological polar surface area (TPSA) is 90.4 Å². The molecular weight excluding hydrogens is 206 g/mol. The first-order valence-electron chi connectivity index (χ1n) is 5.08. The van der Waals surface area contributed by atoms with Gasteiger partial charge < -0.3 is 21.5 Å². The van der Waals surface area contributed by atoms with Gasteiger partial charge in [0.25, 0.3) is 0 Å². The summed E-state index contributed by atoms with van der Waals surface area (Å²) in [6, 6.07) is 5.40. The zero-order valence-corrected chi connectivity index (χ0v) is 9.32. The molecule has 0 fully saturated rings. The Morgan fingerprint density at radius 1 is 1.44 bits per heavy atom. The highest BCUT2D eigenvalue weighted by Gasteiger charge is 1.99. The second-order valence-electron chi connectivity index (χ2n) is 3.49. The van der Waals surface area contributed by atoms with Crippen LogP contribution in [0.25, 0.3) is 0 Å². The highest BCUT2D eigenvalue weighted by Crippen LogP contribution is 2.21. The monoisotopic (exact) mass is 223 g/mol. The van der Waals surface area contributed by atoms with Crippen LogP contribution in [-0.4, -0.2) is 19.6 Å². The van der Waals surface area contributed by atoms with Gasteiger partial charge in [0.2, 0.25) is 5.91 Å². The summed E-state index contributed by atoms with van der Waals surface area (Å²) in [5, 5.41) is 3.15. The minimum atomic E-state index is -0.285. The lowest BCUT2D eigenvalue weighted by molar-refractivity contribution is -0.118. The molecule has 1 rings (SSSR count). The summed E-state index contributed by atoms with van der Waals surface area (Å²) in [7, 11) is 1.59. The van der Waals surface area contributed by atoms with Crippen molar-refractivity contribution in [2.75, 3.05) is 24.7 Å². The van der Waals surface area contributed by atoms with Crippen LogP contribution in [0.5, 0.6) is 5.75 Å². The van der Waals surface area contributed by atoms with Crippen LogP contribution in [0.3, 0.4) is 0 Å². The lowest BCUT2D eigenvalue weighted by Crippen LogP contribution is -2.12. The normalized spacial score (nSPS) is 9.81. The Labute approximate surface area is 94.8 Å². The zero-order valence-electron chi connectivity index (χ0n) is 9.32. The highest BCUT2D eigenvalue weighted by molar-refractivity contribution is 5.73. The lowest BCUT2D eigenvalue weighted by Gasteiger charge is -2.08. The number of carbonyl (C=O) groups excluding carboxylic acids is 1. The minimum absolute atomic E-state index is 0.285. The van der Waals surface area contributed by atoms with E-state index >= 15 is 0 Å². The lowest BCUT2D eigenvalue weighted by atomic mass is 10.2. The molecule has 0 bridgehead atoms. The predicted octanol–water partition coefficient (Wildman–Crippen LogP) is 0.955. The van der Waals surface area contributed by atoms with Gasteiger partial charge in [0.1, 0.15) is 5.75 Å². The van der Waals surface area contributed by atoms with E-state index in [2.05, 4.69) is 5.32 Å². The summed E-state index contributed by atoms with van der Waals surface area (Å²) in [6.45, 7) is 0.676. The number of methoxy groups -OCH3 is 1. The van der Waals surface area contributed by atoms with Crippen molar-refractivity contribution in [3.63, 3.8) is 0 Å². The van der Waals surface area contributed by atoms with Gasteiger partial charge in [-0.05, 0) is 12.5 Å². The molecule has 5 nitrogen and oxygen atoms in total. The molecule has 0 saturated carbocycles. The van der Waals surface area contributed by atoms with Gasteiger partial charge in [0.05, 0.1) is 7.11 Å². The van der Waals surface area contributed by atoms with E-state index in [-0.39, 0.29) is 5.91 Å². The number of carbonyl (C=O) groups is 1. The number of rotatable bonds is 6. The maximum Gasteiger partial charge on any atom is 0.217 e. The number of nitrogen functional groups attached to an aromatic ring is 1. The van der Waals surface area contributed by atoms with Crippen LogP contribution in [0.1, 0.15) is 12.8 Å². The third-order valence-electron chi connectivity index (χ3n) is 2.09. The summed E-state index contributed by atoms with van der Waals surface area (Å²) in [5.74, 6) is 0.421. The fourth-order valence-electron chi connectivity index (χ4n) is 1.34. The maximum absolute atomic E-state index is 10.5. The van der Waals surface area contributed by atoms with Crippen LogP contribution < -0.4 is 21.5 Å². The smallest absolute Gasteiger partial charge is 0.217 e. The van der Waals surface area contributed by atoms with Crippen LogP contribution in [0.4, 0.5) is 11.4 Å². The maximum atomic E-state index is 10.5. The number of nitrogens with one attached hydrogen (secondary N) is 1. The van der Waals surface area contributed by atoms with E-state index in [1.807, 2.05) is 12.1 Å². The van der Waals surface area contributed by atoms with Crippen molar-refractivity contribution in [3.8, 4) is 5.75 Å². The van der Waals surface area contributed by atoms with E-state index in [1.54, 1.807) is 13.2 Å². The average molecular weight is 223 g/mol. The fourth-order valence-corrected chi connectivity index (χ4v) is 1.34. The molecule has 1 amide bonds. The third kappa shape index (κ3) is 4.08. The number of amides is 1. The van der Waals surface area contributed by atoms with E-state index in [9.17, 15) is 4.79 Å². The Kier molecular flexibility index (Phi) is 4.44. The Morgan fingerprint density at radius 3 is 2.81 bits per heavy atom. The molecule has 0 heterocycles. The van der Waals surface area contributed by atoms with Crippen LogP contribution in [0.15, 0.2) is 18.2 Å². The minimum Gasteiger partial charge on any atom is -0.497 e. The molecular formula is C11H17N3O2. The van der Waals surface area contributed by atoms with Crippen LogP contribution >= 0.6 is 0 Å². The number of hydrogen-bond acceptors (Lipinski definition) is 4. The molecule has 0 atom stereocenters. The number of anilines is 2. The molecule has 5 heteroatoms. The number of benzene rings is 1. The summed E-state index contributed by atoms with van der Waals surface area (Å²) >= 11 is 0. The zero-order chi connectivity index (χ0) is 12.0. The van der Waals surface area contributed by atoms with Crippen LogP contribution in [-0.2, 0) is 4.79 Å². The van der Waals surface area contributed by atoms with Crippen molar-refractivity contribution in [3.05, 3.63) is 18.2 Å². The Hall–Kier alpha value is -1.91. The van der Waals surface area contributed by atoms with Crippen molar-refractivity contribution in [1.82, 2.24) is 0 Å². The van der Waals surface area contributed by atoms with Gasteiger partial charge in [-0.15, -0.1) is 0 Å². The fraction of sp³-hybridized carbons (Fsp3) is 0.364. The Bertz CT molecular complexity index is 366. The molecule has 0 unspecified atom stereocenters. The largest absolute Gasteiger partial charge is 0.497 e. The molecule has 16 heavy (non-hydrogen) atoms.